The van der Waals surface area contributed by atoms with Gasteiger partial charge in [-0.3, -0.25) is 4.90 Å². The predicted molar refractivity (Wildman–Crippen MR) is 77.0 cm³/mol. The Balaban J connectivity index is 1.61. The SMILES string of the molecule is N#Cc1ccc(N2CCN(CC3(C#N)CC3)CC2)c(F)c1. The van der Waals surface area contributed by atoms with Gasteiger partial charge < -0.3 is 4.90 Å². The van der Waals surface area contributed by atoms with Crippen LogP contribution in [0, 0.1) is 33.9 Å². The summed E-state index contributed by atoms with van der Waals surface area (Å²) in [4.78, 5) is 4.31. The van der Waals surface area contributed by atoms with Crippen LogP contribution < -0.4 is 4.90 Å². The second kappa shape index (κ2) is 5.35. The number of piperazine rings is 1. The molecule has 0 N–H and O–H groups in total. The van der Waals surface area contributed by atoms with E-state index in [1.165, 1.54) is 6.07 Å². The zero-order valence-electron chi connectivity index (χ0n) is 11.8. The summed E-state index contributed by atoms with van der Waals surface area (Å²) < 4.78 is 14.0. The highest BCUT2D eigenvalue weighted by atomic mass is 19.1. The van der Waals surface area contributed by atoms with Gasteiger partial charge in [-0.25, -0.2) is 4.39 Å². The Morgan fingerprint density at radius 1 is 1.14 bits per heavy atom. The minimum atomic E-state index is -0.335. The molecule has 0 atom stereocenters. The van der Waals surface area contributed by atoms with Crippen LogP contribution >= 0.6 is 0 Å². The van der Waals surface area contributed by atoms with Crippen molar-refractivity contribution in [3.8, 4) is 12.1 Å². The molecule has 2 fully saturated rings. The van der Waals surface area contributed by atoms with E-state index in [1.54, 1.807) is 12.1 Å². The van der Waals surface area contributed by atoms with E-state index < -0.39 is 0 Å². The first-order valence-corrected chi connectivity index (χ1v) is 7.24. The van der Waals surface area contributed by atoms with E-state index in [0.29, 0.717) is 11.3 Å². The molecule has 5 heteroatoms. The van der Waals surface area contributed by atoms with Crippen molar-refractivity contribution in [2.45, 2.75) is 12.8 Å². The molecule has 0 amide bonds. The maximum atomic E-state index is 14.0. The van der Waals surface area contributed by atoms with Crippen molar-refractivity contribution >= 4 is 5.69 Å². The summed E-state index contributed by atoms with van der Waals surface area (Å²) in [6, 6.07) is 8.99. The molecule has 1 saturated heterocycles. The van der Waals surface area contributed by atoms with Crippen molar-refractivity contribution < 1.29 is 4.39 Å². The van der Waals surface area contributed by atoms with Gasteiger partial charge in [0.05, 0.1) is 28.8 Å². The first-order valence-electron chi connectivity index (χ1n) is 7.24. The van der Waals surface area contributed by atoms with E-state index in [1.807, 2.05) is 11.0 Å². The first kappa shape index (κ1) is 13.9. The standard InChI is InChI=1S/C16H17FN4/c17-14-9-13(10-18)1-2-15(14)21-7-5-20(6-8-21)12-16(11-19)3-4-16/h1-2,9H,3-8,12H2. The van der Waals surface area contributed by atoms with Gasteiger partial charge in [-0.05, 0) is 31.0 Å². The van der Waals surface area contributed by atoms with Crippen LogP contribution in [0.1, 0.15) is 18.4 Å². The number of nitriles is 2. The fraction of sp³-hybridized carbons (Fsp3) is 0.500. The third kappa shape index (κ3) is 2.84. The fourth-order valence-electron chi connectivity index (χ4n) is 2.86. The lowest BCUT2D eigenvalue weighted by atomic mass is 10.1. The maximum Gasteiger partial charge on any atom is 0.147 e. The molecule has 0 aromatic heterocycles. The summed E-state index contributed by atoms with van der Waals surface area (Å²) in [5, 5.41) is 17.9. The number of rotatable bonds is 3. The average Bonchev–Trinajstić information content (AvgIpc) is 3.28. The summed E-state index contributed by atoms with van der Waals surface area (Å²) in [7, 11) is 0. The molecular formula is C16H17FN4. The van der Waals surface area contributed by atoms with Gasteiger partial charge in [-0.1, -0.05) is 0 Å². The van der Waals surface area contributed by atoms with Crippen LogP contribution in [-0.2, 0) is 0 Å². The molecule has 1 heterocycles. The van der Waals surface area contributed by atoms with Crippen LogP contribution in [0.25, 0.3) is 0 Å². The van der Waals surface area contributed by atoms with Crippen LogP contribution in [0.3, 0.4) is 0 Å². The van der Waals surface area contributed by atoms with Crippen LogP contribution in [0.5, 0.6) is 0 Å². The van der Waals surface area contributed by atoms with Crippen LogP contribution in [0.4, 0.5) is 10.1 Å². The summed E-state index contributed by atoms with van der Waals surface area (Å²) in [6.45, 7) is 4.05. The second-order valence-electron chi connectivity index (χ2n) is 5.93. The molecule has 3 rings (SSSR count). The number of nitrogens with zero attached hydrogens (tertiary/aromatic N) is 4. The molecule has 2 aliphatic rings. The third-order valence-corrected chi connectivity index (χ3v) is 4.41. The van der Waals surface area contributed by atoms with Gasteiger partial charge in [0.2, 0.25) is 0 Å². The van der Waals surface area contributed by atoms with Crippen molar-refractivity contribution in [1.29, 1.82) is 10.5 Å². The zero-order valence-corrected chi connectivity index (χ0v) is 11.8. The summed E-state index contributed by atoms with van der Waals surface area (Å²) >= 11 is 0. The lowest BCUT2D eigenvalue weighted by Gasteiger charge is -2.37. The highest BCUT2D eigenvalue weighted by Crippen LogP contribution is 2.45. The molecule has 0 spiro atoms. The molecule has 1 aliphatic heterocycles. The van der Waals surface area contributed by atoms with Gasteiger partial charge >= 0.3 is 0 Å². The van der Waals surface area contributed by atoms with Crippen molar-refractivity contribution in [2.24, 2.45) is 5.41 Å². The van der Waals surface area contributed by atoms with Gasteiger partial charge in [0.1, 0.15) is 5.82 Å². The summed E-state index contributed by atoms with van der Waals surface area (Å²) in [5.74, 6) is -0.335. The Bertz CT molecular complexity index is 616. The summed E-state index contributed by atoms with van der Waals surface area (Å²) in [6.07, 6.45) is 2.02. The van der Waals surface area contributed by atoms with Gasteiger partial charge in [-0.15, -0.1) is 0 Å². The van der Waals surface area contributed by atoms with Gasteiger partial charge in [0.25, 0.3) is 0 Å². The lowest BCUT2D eigenvalue weighted by molar-refractivity contribution is 0.229. The molecule has 4 nitrogen and oxygen atoms in total. The minimum Gasteiger partial charge on any atom is -0.367 e. The zero-order chi connectivity index (χ0) is 14.9. The second-order valence-corrected chi connectivity index (χ2v) is 5.93. The molecule has 1 aromatic rings. The Labute approximate surface area is 124 Å². The van der Waals surface area contributed by atoms with Crippen molar-refractivity contribution in [3.05, 3.63) is 29.6 Å². The molecule has 108 valence electrons. The normalized spacial score (nSPS) is 20.6. The number of halogens is 1. The maximum absolute atomic E-state index is 14.0. The lowest BCUT2D eigenvalue weighted by Crippen LogP contribution is -2.48. The Morgan fingerprint density at radius 2 is 1.86 bits per heavy atom. The van der Waals surface area contributed by atoms with E-state index in [0.717, 1.165) is 45.6 Å². The fourth-order valence-corrected chi connectivity index (χ4v) is 2.86. The number of hydrogen-bond donors (Lipinski definition) is 0. The Morgan fingerprint density at radius 3 is 2.38 bits per heavy atom. The summed E-state index contributed by atoms with van der Waals surface area (Å²) in [5.41, 5.74) is 0.802. The molecule has 1 aromatic carbocycles. The van der Waals surface area contributed by atoms with Gasteiger partial charge in [0.15, 0.2) is 0 Å². The van der Waals surface area contributed by atoms with Crippen LogP contribution in [0.2, 0.25) is 0 Å². The van der Waals surface area contributed by atoms with Crippen molar-refractivity contribution in [1.82, 2.24) is 4.90 Å². The van der Waals surface area contributed by atoms with Crippen molar-refractivity contribution in [3.63, 3.8) is 0 Å². The number of anilines is 1. The average molecular weight is 284 g/mol. The van der Waals surface area contributed by atoms with Gasteiger partial charge in [0, 0.05) is 32.7 Å². The predicted octanol–water partition coefficient (Wildman–Crippen LogP) is 2.12. The Kier molecular flexibility index (Phi) is 3.53. The highest BCUT2D eigenvalue weighted by molar-refractivity contribution is 5.51. The van der Waals surface area contributed by atoms with Crippen molar-refractivity contribution in [2.75, 3.05) is 37.6 Å². The smallest absolute Gasteiger partial charge is 0.147 e. The minimum absolute atomic E-state index is 0.109. The molecule has 0 radical (unpaired) electrons. The molecule has 1 saturated carbocycles. The van der Waals surface area contributed by atoms with Crippen LogP contribution in [0.15, 0.2) is 18.2 Å². The third-order valence-electron chi connectivity index (χ3n) is 4.41. The Hall–Kier alpha value is -2.11. The first-order chi connectivity index (χ1) is 10.2. The number of benzene rings is 1. The number of hydrogen-bond acceptors (Lipinski definition) is 4. The van der Waals surface area contributed by atoms with E-state index in [-0.39, 0.29) is 11.2 Å². The molecular weight excluding hydrogens is 267 g/mol. The molecule has 21 heavy (non-hydrogen) atoms. The quantitative estimate of drug-likeness (QED) is 0.853. The topological polar surface area (TPSA) is 54.1 Å². The molecule has 1 aliphatic carbocycles. The van der Waals surface area contributed by atoms with E-state index in [9.17, 15) is 4.39 Å². The van der Waals surface area contributed by atoms with Gasteiger partial charge in [-0.2, -0.15) is 10.5 Å². The van der Waals surface area contributed by atoms with E-state index >= 15 is 0 Å². The van der Waals surface area contributed by atoms with E-state index in [4.69, 9.17) is 10.5 Å². The molecule has 0 unspecified atom stereocenters. The van der Waals surface area contributed by atoms with Crippen LogP contribution in [-0.4, -0.2) is 37.6 Å². The highest BCUT2D eigenvalue weighted by Gasteiger charge is 2.44. The monoisotopic (exact) mass is 284 g/mol. The van der Waals surface area contributed by atoms with E-state index in [2.05, 4.69) is 11.0 Å². The molecule has 0 bridgehead atoms. The largest absolute Gasteiger partial charge is 0.367 e.